The summed E-state index contributed by atoms with van der Waals surface area (Å²) in [6.45, 7) is -0.609. The van der Waals surface area contributed by atoms with Crippen LogP contribution in [0.2, 0.25) is 5.02 Å². The number of hydrogen-bond donors (Lipinski definition) is 2. The minimum absolute atomic E-state index is 0.0707. The Balaban J connectivity index is 1.51. The van der Waals surface area contributed by atoms with Gasteiger partial charge in [-0.15, -0.1) is 0 Å². The standard InChI is InChI=1S/C21H19BrClN3O6/c1-31-17-5-3-2-4-14(17)20(29)25-26-10-12(8-19(26)28)21(30)32-11-18(27)24-16-7-6-13(22)9-15(16)23/h2-7,9,12H,8,10-11H2,1H3,(H,24,27)(H,25,29)/t12-/m1/s1. The second-order valence-corrected chi connectivity index (χ2v) is 8.15. The molecule has 1 aliphatic heterocycles. The summed E-state index contributed by atoms with van der Waals surface area (Å²) in [6, 6.07) is 11.5. The third kappa shape index (κ3) is 5.77. The van der Waals surface area contributed by atoms with Crippen LogP contribution in [0.5, 0.6) is 5.75 Å². The lowest BCUT2D eigenvalue weighted by atomic mass is 10.1. The second-order valence-electron chi connectivity index (χ2n) is 6.83. The van der Waals surface area contributed by atoms with E-state index in [0.717, 1.165) is 9.48 Å². The van der Waals surface area contributed by atoms with Gasteiger partial charge in [-0.1, -0.05) is 39.7 Å². The summed E-state index contributed by atoms with van der Waals surface area (Å²) in [5.41, 5.74) is 3.09. The predicted molar refractivity (Wildman–Crippen MR) is 119 cm³/mol. The molecule has 1 atom stereocenters. The highest BCUT2D eigenvalue weighted by Gasteiger charge is 2.37. The van der Waals surface area contributed by atoms with Crippen molar-refractivity contribution in [2.45, 2.75) is 6.42 Å². The molecule has 1 aliphatic rings. The first kappa shape index (κ1) is 23.6. The van der Waals surface area contributed by atoms with Gasteiger partial charge >= 0.3 is 5.97 Å². The number of nitrogens with zero attached hydrogens (tertiary/aromatic N) is 1. The van der Waals surface area contributed by atoms with Gasteiger partial charge in [-0.2, -0.15) is 0 Å². The Morgan fingerprint density at radius 1 is 1.22 bits per heavy atom. The summed E-state index contributed by atoms with van der Waals surface area (Å²) in [5, 5.41) is 3.92. The van der Waals surface area contributed by atoms with E-state index in [1.807, 2.05) is 0 Å². The molecule has 0 bridgehead atoms. The van der Waals surface area contributed by atoms with Crippen LogP contribution in [-0.2, 0) is 19.1 Å². The van der Waals surface area contributed by atoms with E-state index in [1.165, 1.54) is 7.11 Å². The quantitative estimate of drug-likeness (QED) is 0.539. The third-order valence-electron chi connectivity index (χ3n) is 4.60. The molecule has 2 N–H and O–H groups in total. The van der Waals surface area contributed by atoms with Gasteiger partial charge in [-0.05, 0) is 30.3 Å². The summed E-state index contributed by atoms with van der Waals surface area (Å²) < 4.78 is 10.9. The van der Waals surface area contributed by atoms with Crippen molar-refractivity contribution >= 4 is 56.9 Å². The number of anilines is 1. The Bertz CT molecular complexity index is 1060. The zero-order valence-electron chi connectivity index (χ0n) is 16.9. The van der Waals surface area contributed by atoms with Gasteiger partial charge in [0.05, 0.1) is 35.8 Å². The van der Waals surface area contributed by atoms with Gasteiger partial charge in [0.25, 0.3) is 11.8 Å². The molecule has 0 aromatic heterocycles. The average molecular weight is 525 g/mol. The number of ether oxygens (including phenoxy) is 2. The number of carbonyl (C=O) groups excluding carboxylic acids is 4. The number of hydrogen-bond acceptors (Lipinski definition) is 6. The Morgan fingerprint density at radius 3 is 2.69 bits per heavy atom. The number of para-hydroxylation sites is 1. The van der Waals surface area contributed by atoms with Gasteiger partial charge in [-0.25, -0.2) is 0 Å². The van der Waals surface area contributed by atoms with Crippen molar-refractivity contribution in [3.8, 4) is 5.75 Å². The van der Waals surface area contributed by atoms with E-state index < -0.39 is 36.2 Å². The summed E-state index contributed by atoms with van der Waals surface area (Å²) in [5.74, 6) is -2.75. The maximum Gasteiger partial charge on any atom is 0.311 e. The normalized spacial score (nSPS) is 15.3. The number of hydrazine groups is 1. The van der Waals surface area contributed by atoms with E-state index >= 15 is 0 Å². The molecule has 32 heavy (non-hydrogen) atoms. The molecule has 2 aromatic carbocycles. The molecule has 0 saturated carbocycles. The number of halogens is 2. The second kappa shape index (κ2) is 10.5. The van der Waals surface area contributed by atoms with E-state index in [0.29, 0.717) is 16.5 Å². The number of amides is 3. The van der Waals surface area contributed by atoms with Crippen LogP contribution in [-0.4, -0.2) is 49.0 Å². The highest BCUT2D eigenvalue weighted by atomic mass is 79.9. The highest BCUT2D eigenvalue weighted by molar-refractivity contribution is 9.10. The first-order chi connectivity index (χ1) is 15.3. The minimum Gasteiger partial charge on any atom is -0.496 e. The maximum atomic E-state index is 12.5. The molecule has 168 valence electrons. The van der Waals surface area contributed by atoms with Crippen molar-refractivity contribution in [3.63, 3.8) is 0 Å². The molecule has 2 aromatic rings. The van der Waals surface area contributed by atoms with Gasteiger partial charge < -0.3 is 14.8 Å². The van der Waals surface area contributed by atoms with Crippen molar-refractivity contribution in [1.29, 1.82) is 0 Å². The zero-order chi connectivity index (χ0) is 23.3. The van der Waals surface area contributed by atoms with Gasteiger partial charge in [-0.3, -0.25) is 29.6 Å². The third-order valence-corrected chi connectivity index (χ3v) is 5.40. The van der Waals surface area contributed by atoms with Crippen LogP contribution >= 0.6 is 27.5 Å². The molecule has 0 radical (unpaired) electrons. The summed E-state index contributed by atoms with van der Waals surface area (Å²) in [4.78, 5) is 49.1. The lowest BCUT2D eigenvalue weighted by Gasteiger charge is -2.18. The van der Waals surface area contributed by atoms with Crippen LogP contribution in [0.25, 0.3) is 0 Å². The van der Waals surface area contributed by atoms with Crippen LogP contribution in [0, 0.1) is 5.92 Å². The molecular weight excluding hydrogens is 506 g/mol. The van der Waals surface area contributed by atoms with Gasteiger partial charge in [0.1, 0.15) is 5.75 Å². The van der Waals surface area contributed by atoms with E-state index in [4.69, 9.17) is 21.1 Å². The Labute approximate surface area is 197 Å². The molecule has 11 heteroatoms. The smallest absolute Gasteiger partial charge is 0.311 e. The highest BCUT2D eigenvalue weighted by Crippen LogP contribution is 2.25. The molecule has 1 saturated heterocycles. The molecule has 3 amide bonds. The molecule has 1 heterocycles. The van der Waals surface area contributed by atoms with Gasteiger partial charge in [0.15, 0.2) is 6.61 Å². The van der Waals surface area contributed by atoms with Crippen LogP contribution in [0.1, 0.15) is 16.8 Å². The number of benzene rings is 2. The maximum absolute atomic E-state index is 12.5. The fourth-order valence-electron chi connectivity index (χ4n) is 3.02. The molecule has 0 spiro atoms. The number of rotatable bonds is 7. The first-order valence-corrected chi connectivity index (χ1v) is 10.6. The number of nitrogens with one attached hydrogen (secondary N) is 2. The fraction of sp³-hybridized carbons (Fsp3) is 0.238. The van der Waals surface area contributed by atoms with E-state index in [2.05, 4.69) is 26.7 Å². The van der Waals surface area contributed by atoms with Crippen molar-refractivity contribution in [3.05, 3.63) is 57.5 Å². The van der Waals surface area contributed by atoms with Crippen molar-refractivity contribution < 1.29 is 28.7 Å². The number of methoxy groups -OCH3 is 1. The molecule has 9 nitrogen and oxygen atoms in total. The van der Waals surface area contributed by atoms with Gasteiger partial charge in [0, 0.05) is 10.9 Å². The molecular formula is C21H19BrClN3O6. The number of carbonyl (C=O) groups is 4. The van der Waals surface area contributed by atoms with E-state index in [9.17, 15) is 19.2 Å². The predicted octanol–water partition coefficient (Wildman–Crippen LogP) is 2.79. The minimum atomic E-state index is -0.815. The SMILES string of the molecule is COc1ccccc1C(=O)NN1C[C@H](C(=O)OCC(=O)Nc2ccc(Br)cc2Cl)CC1=O. The Morgan fingerprint density at radius 2 is 1.97 bits per heavy atom. The topological polar surface area (TPSA) is 114 Å². The molecule has 3 rings (SSSR count). The molecule has 0 unspecified atom stereocenters. The fourth-order valence-corrected chi connectivity index (χ4v) is 3.74. The number of esters is 1. The summed E-state index contributed by atoms with van der Waals surface area (Å²) in [6.07, 6.45) is -0.148. The summed E-state index contributed by atoms with van der Waals surface area (Å²) >= 11 is 9.30. The first-order valence-electron chi connectivity index (χ1n) is 9.44. The Hall–Kier alpha value is -3.11. The van der Waals surface area contributed by atoms with Crippen LogP contribution in [0.4, 0.5) is 5.69 Å². The average Bonchev–Trinajstić information content (AvgIpc) is 3.14. The van der Waals surface area contributed by atoms with E-state index in [1.54, 1.807) is 42.5 Å². The largest absolute Gasteiger partial charge is 0.496 e. The van der Waals surface area contributed by atoms with Crippen molar-refractivity contribution in [1.82, 2.24) is 10.4 Å². The lowest BCUT2D eigenvalue weighted by Crippen LogP contribution is -2.43. The van der Waals surface area contributed by atoms with Gasteiger partial charge in [0.2, 0.25) is 5.91 Å². The van der Waals surface area contributed by atoms with Crippen LogP contribution in [0.3, 0.4) is 0 Å². The molecule has 0 aliphatic carbocycles. The Kier molecular flexibility index (Phi) is 7.70. The van der Waals surface area contributed by atoms with Crippen LogP contribution in [0.15, 0.2) is 46.9 Å². The molecule has 1 fully saturated rings. The van der Waals surface area contributed by atoms with E-state index in [-0.39, 0.29) is 18.5 Å². The monoisotopic (exact) mass is 523 g/mol. The van der Waals surface area contributed by atoms with Crippen molar-refractivity contribution in [2.24, 2.45) is 5.92 Å². The van der Waals surface area contributed by atoms with Crippen LogP contribution < -0.4 is 15.5 Å². The van der Waals surface area contributed by atoms with Crippen molar-refractivity contribution in [2.75, 3.05) is 25.6 Å². The summed E-state index contributed by atoms with van der Waals surface area (Å²) in [7, 11) is 1.43. The zero-order valence-corrected chi connectivity index (χ0v) is 19.2. The lowest BCUT2D eigenvalue weighted by molar-refractivity contribution is -0.151.